The maximum atomic E-state index is 12.2. The second-order valence-electron chi connectivity index (χ2n) is 8.92. The van der Waals surface area contributed by atoms with Crippen molar-refractivity contribution in [2.75, 3.05) is 7.11 Å². The molecule has 0 amide bonds. The van der Waals surface area contributed by atoms with E-state index in [4.69, 9.17) is 13.9 Å². The highest BCUT2D eigenvalue weighted by Gasteiger charge is 2.46. The van der Waals surface area contributed by atoms with Gasteiger partial charge in [0.25, 0.3) is 0 Å². The molecule has 0 spiro atoms. The molecule has 2 atom stereocenters. The molecule has 3 rings (SSSR count). The summed E-state index contributed by atoms with van der Waals surface area (Å²) >= 11 is 0. The summed E-state index contributed by atoms with van der Waals surface area (Å²) in [6, 6.07) is 4.93. The summed E-state index contributed by atoms with van der Waals surface area (Å²) in [6.07, 6.45) is 1.91. The highest BCUT2D eigenvalue weighted by Crippen LogP contribution is 2.48. The number of carbonyl (C=O) groups excluding carboxylic acids is 1. The van der Waals surface area contributed by atoms with Gasteiger partial charge in [0.05, 0.1) is 18.8 Å². The number of methoxy groups -OCH3 is 1. The predicted molar refractivity (Wildman–Crippen MR) is 117 cm³/mol. The molecule has 1 aromatic rings. The molecule has 1 aliphatic heterocycles. The monoisotopic (exact) mass is 434 g/mol. The number of esters is 1. The van der Waals surface area contributed by atoms with E-state index in [1.807, 2.05) is 0 Å². The Balaban J connectivity index is 2.08. The average molecular weight is 435 g/mol. The quantitative estimate of drug-likeness (QED) is 0.447. The molecule has 2 aliphatic rings. The molecule has 1 aromatic carbocycles. The first-order valence-electron chi connectivity index (χ1n) is 11.0. The summed E-state index contributed by atoms with van der Waals surface area (Å²) in [6.45, 7) is 9.05. The van der Waals surface area contributed by atoms with E-state index < -0.39 is 14.3 Å². The van der Waals surface area contributed by atoms with E-state index >= 15 is 0 Å². The van der Waals surface area contributed by atoms with Crippen LogP contribution < -0.4 is 4.74 Å². The van der Waals surface area contributed by atoms with E-state index in [0.29, 0.717) is 30.6 Å². The summed E-state index contributed by atoms with van der Waals surface area (Å²) in [7, 11) is -0.273. The number of carbonyl (C=O) groups is 2. The van der Waals surface area contributed by atoms with Crippen LogP contribution in [-0.2, 0) is 33.4 Å². The lowest BCUT2D eigenvalue weighted by Gasteiger charge is -2.47. The maximum absolute atomic E-state index is 12.2. The van der Waals surface area contributed by atoms with Crippen molar-refractivity contribution in [3.8, 4) is 5.75 Å². The first kappa shape index (κ1) is 22.8. The van der Waals surface area contributed by atoms with Crippen LogP contribution in [0.15, 0.2) is 6.07 Å². The van der Waals surface area contributed by atoms with Gasteiger partial charge in [0.15, 0.2) is 8.32 Å². The Morgan fingerprint density at radius 1 is 1.23 bits per heavy atom. The molecule has 6 nitrogen and oxygen atoms in total. The van der Waals surface area contributed by atoms with Gasteiger partial charge < -0.3 is 19.0 Å². The Morgan fingerprint density at radius 2 is 1.90 bits per heavy atom. The van der Waals surface area contributed by atoms with Crippen LogP contribution in [-0.4, -0.2) is 38.6 Å². The molecule has 1 aliphatic carbocycles. The molecule has 0 aromatic heterocycles. The molecule has 0 saturated carbocycles. The van der Waals surface area contributed by atoms with E-state index in [0.717, 1.165) is 34.8 Å². The number of aliphatic carboxylic acids is 1. The van der Waals surface area contributed by atoms with Crippen molar-refractivity contribution >= 4 is 20.3 Å². The minimum atomic E-state index is -1.90. The molecule has 166 valence electrons. The molecule has 0 bridgehead atoms. The van der Waals surface area contributed by atoms with E-state index in [1.54, 1.807) is 13.2 Å². The van der Waals surface area contributed by atoms with E-state index in [-0.39, 0.29) is 30.5 Å². The summed E-state index contributed by atoms with van der Waals surface area (Å²) in [5.41, 5.74) is 3.35. The van der Waals surface area contributed by atoms with E-state index in [2.05, 4.69) is 27.7 Å². The minimum absolute atomic E-state index is 0.0687. The van der Waals surface area contributed by atoms with Crippen molar-refractivity contribution in [1.29, 1.82) is 0 Å². The number of carboxylic acids is 1. The molecule has 0 fully saturated rings. The van der Waals surface area contributed by atoms with Crippen LogP contribution in [0.5, 0.6) is 5.75 Å². The molecule has 0 radical (unpaired) electrons. The van der Waals surface area contributed by atoms with Gasteiger partial charge in [-0.3, -0.25) is 4.79 Å². The van der Waals surface area contributed by atoms with E-state index in [9.17, 15) is 14.7 Å². The summed E-state index contributed by atoms with van der Waals surface area (Å²) in [5.74, 6) is -0.403. The Hall–Kier alpha value is -1.86. The number of ether oxygens (including phenoxy) is 2. The predicted octanol–water partition coefficient (Wildman–Crippen LogP) is 4.73. The number of hydrogen-bond donors (Lipinski definition) is 1. The van der Waals surface area contributed by atoms with Crippen LogP contribution in [0, 0.1) is 5.41 Å². The minimum Gasteiger partial charge on any atom is -0.496 e. The zero-order valence-corrected chi connectivity index (χ0v) is 19.8. The van der Waals surface area contributed by atoms with Gasteiger partial charge >= 0.3 is 11.9 Å². The molecule has 30 heavy (non-hydrogen) atoms. The van der Waals surface area contributed by atoms with Gasteiger partial charge in [-0.15, -0.1) is 0 Å². The summed E-state index contributed by atoms with van der Waals surface area (Å²) in [5, 5.41) is 9.37. The van der Waals surface area contributed by atoms with Gasteiger partial charge in [-0.05, 0) is 48.0 Å². The third-order valence-corrected chi connectivity index (χ3v) is 12.0. The number of rotatable bonds is 9. The van der Waals surface area contributed by atoms with E-state index in [1.165, 1.54) is 0 Å². The number of hydrogen-bond acceptors (Lipinski definition) is 5. The summed E-state index contributed by atoms with van der Waals surface area (Å²) in [4.78, 5) is 23.6. The molecule has 1 heterocycles. The largest absolute Gasteiger partial charge is 0.496 e. The fraction of sp³-hybridized carbons (Fsp3) is 0.652. The maximum Gasteiger partial charge on any atom is 0.339 e. The molecular formula is C23H34O6Si. The number of carboxylic acid groups (broad SMARTS) is 1. The molecule has 0 saturated heterocycles. The van der Waals surface area contributed by atoms with Crippen molar-refractivity contribution in [3.63, 3.8) is 0 Å². The van der Waals surface area contributed by atoms with Crippen LogP contribution in [0.4, 0.5) is 0 Å². The zero-order chi connectivity index (χ0) is 22.1. The second kappa shape index (κ2) is 8.71. The third-order valence-electron chi connectivity index (χ3n) is 7.40. The Morgan fingerprint density at radius 3 is 2.47 bits per heavy atom. The first-order valence-corrected chi connectivity index (χ1v) is 13.5. The third kappa shape index (κ3) is 4.01. The first-order chi connectivity index (χ1) is 14.2. The smallest absolute Gasteiger partial charge is 0.339 e. The van der Waals surface area contributed by atoms with Gasteiger partial charge in [-0.1, -0.05) is 27.7 Å². The normalized spacial score (nSPS) is 23.0. The lowest BCUT2D eigenvalue weighted by Crippen LogP contribution is -2.50. The lowest BCUT2D eigenvalue weighted by molar-refractivity contribution is -0.138. The van der Waals surface area contributed by atoms with Crippen molar-refractivity contribution in [3.05, 3.63) is 28.3 Å². The Labute approximate surface area is 180 Å². The Kier molecular flexibility index (Phi) is 6.62. The topological polar surface area (TPSA) is 82.1 Å². The molecule has 1 unspecified atom stereocenters. The van der Waals surface area contributed by atoms with Crippen LogP contribution in [0.3, 0.4) is 0 Å². The molecule has 1 N–H and O–H groups in total. The Bertz CT molecular complexity index is 823. The second-order valence-corrected chi connectivity index (χ2v) is 13.6. The van der Waals surface area contributed by atoms with Crippen LogP contribution in [0.2, 0.25) is 18.1 Å². The SMILES string of the molecule is CC[Si](CC)(CC)OC1Cc2c(OC)cc3c(c2C[C@@]1(C)CCC(=O)O)COC3=O. The fourth-order valence-corrected chi connectivity index (χ4v) is 8.03. The van der Waals surface area contributed by atoms with Crippen LogP contribution >= 0.6 is 0 Å². The van der Waals surface area contributed by atoms with Crippen molar-refractivity contribution in [2.24, 2.45) is 5.41 Å². The molecule has 7 heteroatoms. The highest BCUT2D eigenvalue weighted by molar-refractivity contribution is 6.73. The number of fused-ring (bicyclic) bond motifs is 3. The van der Waals surface area contributed by atoms with Crippen LogP contribution in [0.1, 0.15) is 67.6 Å². The zero-order valence-electron chi connectivity index (χ0n) is 18.8. The lowest BCUT2D eigenvalue weighted by atomic mass is 9.67. The van der Waals surface area contributed by atoms with Gasteiger partial charge in [-0.25, -0.2) is 4.79 Å². The van der Waals surface area contributed by atoms with Crippen molar-refractivity contribution < 1.29 is 28.6 Å². The van der Waals surface area contributed by atoms with Crippen molar-refractivity contribution in [2.45, 2.75) is 84.2 Å². The standard InChI is InChI=1S/C23H34O6Si/c1-6-30(7-2,8-3)29-20-12-15-17(13-23(20,4)10-9-21(24)25)18-14-28-22(26)16(18)11-19(15)27-5/h11,20H,6-10,12-14H2,1-5H3,(H,24,25)/t20?,23-/m1/s1. The molecular weight excluding hydrogens is 400 g/mol. The summed E-state index contributed by atoms with van der Waals surface area (Å²) < 4.78 is 17.9. The number of cyclic esters (lactones) is 1. The van der Waals surface area contributed by atoms with Gasteiger partial charge in [0, 0.05) is 24.0 Å². The highest BCUT2D eigenvalue weighted by atomic mass is 28.4. The van der Waals surface area contributed by atoms with Crippen LogP contribution in [0.25, 0.3) is 0 Å². The fourth-order valence-electron chi connectivity index (χ4n) is 5.06. The van der Waals surface area contributed by atoms with Crippen molar-refractivity contribution in [1.82, 2.24) is 0 Å². The van der Waals surface area contributed by atoms with Gasteiger partial charge in [0.1, 0.15) is 12.4 Å². The van der Waals surface area contributed by atoms with Gasteiger partial charge in [0.2, 0.25) is 0 Å². The van der Waals surface area contributed by atoms with Gasteiger partial charge in [-0.2, -0.15) is 0 Å². The average Bonchev–Trinajstić information content (AvgIpc) is 3.11. The number of benzene rings is 1.